The van der Waals surface area contributed by atoms with Gasteiger partial charge < -0.3 is 14.4 Å². The molecule has 3 unspecified atom stereocenters. The summed E-state index contributed by atoms with van der Waals surface area (Å²) in [5.41, 5.74) is -0.873. The molecule has 1 N–H and O–H groups in total. The van der Waals surface area contributed by atoms with E-state index in [1.54, 1.807) is 20.8 Å². The fourth-order valence-corrected chi connectivity index (χ4v) is 3.21. The number of hydrogen-bond acceptors (Lipinski definition) is 5. The van der Waals surface area contributed by atoms with Crippen LogP contribution in [0.25, 0.3) is 0 Å². The summed E-state index contributed by atoms with van der Waals surface area (Å²) in [5.74, 6) is 0. The molecule has 20 heavy (non-hydrogen) atoms. The van der Waals surface area contributed by atoms with E-state index in [4.69, 9.17) is 26.4 Å². The number of rotatable bonds is 7. The summed E-state index contributed by atoms with van der Waals surface area (Å²) in [5, 5.41) is 0. The Morgan fingerprint density at radius 3 is 2.50 bits per heavy atom. The van der Waals surface area contributed by atoms with Crippen molar-refractivity contribution in [2.75, 3.05) is 6.61 Å². The predicted molar refractivity (Wildman–Crippen MR) is 75.7 cm³/mol. The van der Waals surface area contributed by atoms with E-state index in [0.29, 0.717) is 6.42 Å². The molecular weight excluding hydrogens is 282 g/mol. The van der Waals surface area contributed by atoms with Gasteiger partial charge in [0.25, 0.3) is 0 Å². The van der Waals surface area contributed by atoms with Gasteiger partial charge in [-0.25, -0.2) is 4.57 Å². The summed E-state index contributed by atoms with van der Waals surface area (Å²) in [4.78, 5) is 9.72. The topological polar surface area (TPSA) is 74.2 Å². The van der Waals surface area contributed by atoms with E-state index in [-0.39, 0.29) is 12.7 Å². The zero-order chi connectivity index (χ0) is 15.6. The first-order valence-electron chi connectivity index (χ1n) is 6.78. The molecular formula is C12H24BO6P. The quantitative estimate of drug-likeness (QED) is 0.573. The summed E-state index contributed by atoms with van der Waals surface area (Å²) in [6, 6.07) is -0.556. The Hall–Kier alpha value is 0.0949. The normalized spacial score (nSPS) is 33.8. The highest BCUT2D eigenvalue weighted by Gasteiger charge is 2.48. The number of phosphoric acid groups is 1. The lowest BCUT2D eigenvalue weighted by atomic mass is 9.93. The third-order valence-electron chi connectivity index (χ3n) is 2.86. The molecule has 0 bridgehead atoms. The molecule has 1 aliphatic heterocycles. The van der Waals surface area contributed by atoms with Gasteiger partial charge in [-0.1, -0.05) is 0 Å². The average molecular weight is 306 g/mol. The highest BCUT2D eigenvalue weighted by Crippen LogP contribution is 2.50. The molecule has 8 heteroatoms. The SMILES string of the molecule is [B][C@H]1CC(OP(=O)(O)OC(C)C)C(C)(COC(C)C)O1. The van der Waals surface area contributed by atoms with Gasteiger partial charge in [0.05, 0.1) is 18.8 Å². The van der Waals surface area contributed by atoms with Crippen molar-refractivity contribution in [3.8, 4) is 0 Å². The first-order chi connectivity index (χ1) is 9.04. The Labute approximate surface area is 122 Å². The first kappa shape index (κ1) is 18.1. The van der Waals surface area contributed by atoms with Crippen LogP contribution in [0.1, 0.15) is 41.0 Å². The Morgan fingerprint density at radius 2 is 2.00 bits per heavy atom. The van der Waals surface area contributed by atoms with Gasteiger partial charge in [0, 0.05) is 6.00 Å². The zero-order valence-electron chi connectivity index (χ0n) is 12.7. The standard InChI is InChI=1S/C12H24BO6P/c1-8(2)16-7-12(5)10(6-11(13)17-12)19-20(14,15)18-9(3)4/h8-11H,6-7H2,1-5H3,(H,14,15)/t10?,11-,12?/m1/s1. The van der Waals surface area contributed by atoms with Crippen LogP contribution in [0.15, 0.2) is 0 Å². The van der Waals surface area contributed by atoms with Crippen molar-refractivity contribution in [1.29, 1.82) is 0 Å². The zero-order valence-corrected chi connectivity index (χ0v) is 13.6. The van der Waals surface area contributed by atoms with E-state index >= 15 is 0 Å². The second-order valence-corrected chi connectivity index (χ2v) is 7.14. The first-order valence-corrected chi connectivity index (χ1v) is 8.28. The number of ether oxygens (including phenoxy) is 2. The third kappa shape index (κ3) is 5.47. The Bertz CT molecular complexity index is 364. The lowest BCUT2D eigenvalue weighted by molar-refractivity contribution is -0.112. The Balaban J connectivity index is 2.72. The minimum absolute atomic E-state index is 0.0146. The molecule has 0 aromatic carbocycles. The minimum Gasteiger partial charge on any atom is -0.377 e. The van der Waals surface area contributed by atoms with Gasteiger partial charge in [-0.15, -0.1) is 0 Å². The van der Waals surface area contributed by atoms with Crippen LogP contribution in [0.3, 0.4) is 0 Å². The summed E-state index contributed by atoms with van der Waals surface area (Å²) in [6.45, 7) is 9.08. The Kier molecular flexibility index (Phi) is 6.26. The van der Waals surface area contributed by atoms with Crippen LogP contribution in [0.2, 0.25) is 0 Å². The van der Waals surface area contributed by atoms with E-state index in [9.17, 15) is 9.46 Å². The number of phosphoric ester groups is 1. The molecule has 1 rings (SSSR count). The van der Waals surface area contributed by atoms with Crippen LogP contribution in [0.4, 0.5) is 0 Å². The van der Waals surface area contributed by atoms with Crippen molar-refractivity contribution in [2.24, 2.45) is 0 Å². The maximum Gasteiger partial charge on any atom is 0.472 e. The Morgan fingerprint density at radius 1 is 1.40 bits per heavy atom. The molecule has 0 aromatic rings. The molecule has 0 aliphatic carbocycles. The molecule has 1 heterocycles. The maximum absolute atomic E-state index is 11.9. The van der Waals surface area contributed by atoms with Crippen LogP contribution in [-0.4, -0.2) is 49.3 Å². The third-order valence-corrected chi connectivity index (χ3v) is 4.06. The number of hydrogen-bond donors (Lipinski definition) is 1. The van der Waals surface area contributed by atoms with Gasteiger partial charge in [-0.3, -0.25) is 9.05 Å². The van der Waals surface area contributed by atoms with Crippen LogP contribution in [-0.2, 0) is 23.1 Å². The van der Waals surface area contributed by atoms with Crippen molar-refractivity contribution in [2.45, 2.75) is 71.0 Å². The van der Waals surface area contributed by atoms with Crippen molar-refractivity contribution in [3.05, 3.63) is 0 Å². The second kappa shape index (κ2) is 6.90. The molecule has 1 aliphatic rings. The van der Waals surface area contributed by atoms with Gasteiger partial charge in [0.2, 0.25) is 0 Å². The van der Waals surface area contributed by atoms with Crippen molar-refractivity contribution < 1.29 is 28.0 Å². The van der Waals surface area contributed by atoms with Crippen molar-refractivity contribution in [1.82, 2.24) is 0 Å². The van der Waals surface area contributed by atoms with E-state index < -0.39 is 31.6 Å². The molecule has 6 nitrogen and oxygen atoms in total. The van der Waals surface area contributed by atoms with Gasteiger partial charge in [0.15, 0.2) is 0 Å². The van der Waals surface area contributed by atoms with Gasteiger partial charge in [-0.2, -0.15) is 0 Å². The highest BCUT2D eigenvalue weighted by atomic mass is 31.2. The van der Waals surface area contributed by atoms with Gasteiger partial charge in [0.1, 0.15) is 19.6 Å². The van der Waals surface area contributed by atoms with Gasteiger partial charge >= 0.3 is 7.82 Å². The van der Waals surface area contributed by atoms with E-state index in [1.807, 2.05) is 13.8 Å². The molecule has 1 fully saturated rings. The second-order valence-electron chi connectivity index (χ2n) is 5.78. The smallest absolute Gasteiger partial charge is 0.377 e. The molecule has 1 saturated heterocycles. The molecule has 2 radical (unpaired) electrons. The lowest BCUT2D eigenvalue weighted by Gasteiger charge is -2.32. The van der Waals surface area contributed by atoms with E-state index in [0.717, 1.165) is 0 Å². The fraction of sp³-hybridized carbons (Fsp3) is 1.00. The molecule has 0 amide bonds. The largest absolute Gasteiger partial charge is 0.472 e. The van der Waals surface area contributed by atoms with Crippen LogP contribution in [0, 0.1) is 0 Å². The van der Waals surface area contributed by atoms with Crippen LogP contribution in [0.5, 0.6) is 0 Å². The summed E-state index contributed by atoms with van der Waals surface area (Å²) in [6.07, 6.45) is -0.754. The molecule has 0 aromatic heterocycles. The molecule has 0 spiro atoms. The average Bonchev–Trinajstić information content (AvgIpc) is 2.48. The summed E-state index contributed by atoms with van der Waals surface area (Å²) >= 11 is 0. The maximum atomic E-state index is 11.9. The minimum atomic E-state index is -4.14. The van der Waals surface area contributed by atoms with Crippen LogP contribution < -0.4 is 0 Å². The lowest BCUT2D eigenvalue weighted by Crippen LogP contribution is -2.43. The predicted octanol–water partition coefficient (Wildman–Crippen LogP) is 2.00. The van der Waals surface area contributed by atoms with Crippen LogP contribution >= 0.6 is 7.82 Å². The van der Waals surface area contributed by atoms with Crippen molar-refractivity contribution in [3.63, 3.8) is 0 Å². The fourth-order valence-electron chi connectivity index (χ4n) is 2.00. The highest BCUT2D eigenvalue weighted by molar-refractivity contribution is 7.47. The summed E-state index contributed by atoms with van der Waals surface area (Å²) in [7, 11) is 1.61. The summed E-state index contributed by atoms with van der Waals surface area (Å²) < 4.78 is 33.2. The van der Waals surface area contributed by atoms with Gasteiger partial charge in [-0.05, 0) is 41.0 Å². The molecule has 116 valence electrons. The molecule has 0 saturated carbocycles. The monoisotopic (exact) mass is 306 g/mol. The van der Waals surface area contributed by atoms with E-state index in [2.05, 4.69) is 0 Å². The van der Waals surface area contributed by atoms with Crippen molar-refractivity contribution >= 4 is 15.7 Å². The van der Waals surface area contributed by atoms with E-state index in [1.165, 1.54) is 0 Å². The molecule has 4 atom stereocenters.